The molecule has 2 heteroatoms. The SMILES string of the molecule is CCCC(O)CCCCCC1CCCO1. The summed E-state index contributed by atoms with van der Waals surface area (Å²) in [5, 5.41) is 9.54. The highest BCUT2D eigenvalue weighted by atomic mass is 16.5. The van der Waals surface area contributed by atoms with E-state index in [1.807, 2.05) is 0 Å². The summed E-state index contributed by atoms with van der Waals surface area (Å²) in [6.07, 6.45) is 11.0. The first-order valence-corrected chi connectivity index (χ1v) is 6.62. The van der Waals surface area contributed by atoms with E-state index in [1.165, 1.54) is 38.5 Å². The monoisotopic (exact) mass is 214 g/mol. The number of hydrogen-bond donors (Lipinski definition) is 1. The van der Waals surface area contributed by atoms with Crippen LogP contribution in [-0.4, -0.2) is 23.9 Å². The molecule has 1 aliphatic rings. The van der Waals surface area contributed by atoms with Gasteiger partial charge in [-0.1, -0.05) is 32.6 Å². The van der Waals surface area contributed by atoms with Crippen LogP contribution in [0.2, 0.25) is 0 Å². The minimum Gasteiger partial charge on any atom is -0.393 e. The summed E-state index contributed by atoms with van der Waals surface area (Å²) in [4.78, 5) is 0. The van der Waals surface area contributed by atoms with Crippen molar-refractivity contribution in [1.82, 2.24) is 0 Å². The maximum Gasteiger partial charge on any atom is 0.0576 e. The second-order valence-electron chi connectivity index (χ2n) is 4.72. The van der Waals surface area contributed by atoms with Gasteiger partial charge >= 0.3 is 0 Å². The quantitative estimate of drug-likeness (QED) is 0.628. The molecule has 0 spiro atoms. The molecule has 1 N–H and O–H groups in total. The number of unbranched alkanes of at least 4 members (excludes halogenated alkanes) is 2. The highest BCUT2D eigenvalue weighted by molar-refractivity contribution is 4.65. The molecule has 0 aromatic rings. The maximum atomic E-state index is 9.54. The van der Waals surface area contributed by atoms with Gasteiger partial charge in [0.1, 0.15) is 0 Å². The smallest absolute Gasteiger partial charge is 0.0576 e. The van der Waals surface area contributed by atoms with E-state index in [0.29, 0.717) is 6.10 Å². The van der Waals surface area contributed by atoms with Gasteiger partial charge in [0.05, 0.1) is 12.2 Å². The van der Waals surface area contributed by atoms with Gasteiger partial charge in [-0.05, 0) is 32.1 Å². The molecule has 1 saturated heterocycles. The molecule has 1 fully saturated rings. The average Bonchev–Trinajstić information content (AvgIpc) is 2.70. The Balaban J connectivity index is 1.84. The second kappa shape index (κ2) is 8.12. The van der Waals surface area contributed by atoms with Crippen LogP contribution in [-0.2, 0) is 4.74 Å². The number of hydrogen-bond acceptors (Lipinski definition) is 2. The van der Waals surface area contributed by atoms with Crippen LogP contribution in [0.15, 0.2) is 0 Å². The Bertz CT molecular complexity index is 141. The lowest BCUT2D eigenvalue weighted by atomic mass is 10.0. The number of rotatable bonds is 8. The summed E-state index contributed by atoms with van der Waals surface area (Å²) in [5.74, 6) is 0. The topological polar surface area (TPSA) is 29.5 Å². The fraction of sp³-hybridized carbons (Fsp3) is 1.00. The van der Waals surface area contributed by atoms with Crippen LogP contribution >= 0.6 is 0 Å². The average molecular weight is 214 g/mol. The lowest BCUT2D eigenvalue weighted by Crippen LogP contribution is -2.06. The summed E-state index contributed by atoms with van der Waals surface area (Å²) < 4.78 is 5.57. The molecular formula is C13H26O2. The van der Waals surface area contributed by atoms with E-state index in [4.69, 9.17) is 4.74 Å². The molecule has 0 amide bonds. The summed E-state index contributed by atoms with van der Waals surface area (Å²) in [5.41, 5.74) is 0. The van der Waals surface area contributed by atoms with Crippen LogP contribution in [0.1, 0.15) is 64.7 Å². The van der Waals surface area contributed by atoms with E-state index in [0.717, 1.165) is 25.9 Å². The van der Waals surface area contributed by atoms with Crippen LogP contribution in [0.5, 0.6) is 0 Å². The van der Waals surface area contributed by atoms with Gasteiger partial charge in [-0.15, -0.1) is 0 Å². The van der Waals surface area contributed by atoms with Gasteiger partial charge in [0.15, 0.2) is 0 Å². The fourth-order valence-electron chi connectivity index (χ4n) is 2.28. The molecule has 1 heterocycles. The molecule has 0 aromatic carbocycles. The first kappa shape index (κ1) is 13.0. The molecule has 2 nitrogen and oxygen atoms in total. The van der Waals surface area contributed by atoms with Crippen LogP contribution in [0, 0.1) is 0 Å². The second-order valence-corrected chi connectivity index (χ2v) is 4.72. The first-order chi connectivity index (χ1) is 7.33. The Kier molecular flexibility index (Phi) is 7.03. The van der Waals surface area contributed by atoms with Crippen LogP contribution in [0.25, 0.3) is 0 Å². The van der Waals surface area contributed by atoms with E-state index in [-0.39, 0.29) is 6.10 Å². The molecule has 90 valence electrons. The summed E-state index contributed by atoms with van der Waals surface area (Å²) in [6.45, 7) is 3.10. The van der Waals surface area contributed by atoms with Crippen molar-refractivity contribution >= 4 is 0 Å². The van der Waals surface area contributed by atoms with E-state index in [2.05, 4.69) is 6.92 Å². The van der Waals surface area contributed by atoms with E-state index in [1.54, 1.807) is 0 Å². The van der Waals surface area contributed by atoms with Gasteiger partial charge in [0.2, 0.25) is 0 Å². The number of aliphatic hydroxyl groups excluding tert-OH is 1. The minimum atomic E-state index is -0.0577. The predicted molar refractivity (Wildman–Crippen MR) is 63.0 cm³/mol. The third-order valence-corrected chi connectivity index (χ3v) is 3.21. The van der Waals surface area contributed by atoms with Crippen molar-refractivity contribution in [2.75, 3.05) is 6.61 Å². The molecule has 15 heavy (non-hydrogen) atoms. The fourth-order valence-corrected chi connectivity index (χ4v) is 2.28. The lowest BCUT2D eigenvalue weighted by Gasteiger charge is -2.10. The lowest BCUT2D eigenvalue weighted by molar-refractivity contribution is 0.101. The van der Waals surface area contributed by atoms with Crippen molar-refractivity contribution in [3.05, 3.63) is 0 Å². The normalized spacial score (nSPS) is 23.2. The van der Waals surface area contributed by atoms with Crippen molar-refractivity contribution in [3.8, 4) is 0 Å². The Hall–Kier alpha value is -0.0800. The summed E-state index contributed by atoms with van der Waals surface area (Å²) in [7, 11) is 0. The Labute approximate surface area is 94.0 Å². The minimum absolute atomic E-state index is 0.0577. The van der Waals surface area contributed by atoms with Crippen LogP contribution in [0.4, 0.5) is 0 Å². The van der Waals surface area contributed by atoms with Crippen molar-refractivity contribution < 1.29 is 9.84 Å². The highest BCUT2D eigenvalue weighted by Crippen LogP contribution is 2.18. The Morgan fingerprint density at radius 2 is 2.13 bits per heavy atom. The van der Waals surface area contributed by atoms with Crippen molar-refractivity contribution in [2.45, 2.75) is 76.9 Å². The molecule has 1 rings (SSSR count). The molecule has 0 saturated carbocycles. The van der Waals surface area contributed by atoms with Gasteiger partial charge in [0, 0.05) is 6.61 Å². The van der Waals surface area contributed by atoms with E-state index < -0.39 is 0 Å². The largest absolute Gasteiger partial charge is 0.393 e. The third kappa shape index (κ3) is 6.16. The molecule has 0 bridgehead atoms. The van der Waals surface area contributed by atoms with Crippen LogP contribution < -0.4 is 0 Å². The van der Waals surface area contributed by atoms with E-state index >= 15 is 0 Å². The number of aliphatic hydroxyl groups is 1. The zero-order valence-electron chi connectivity index (χ0n) is 10.1. The Morgan fingerprint density at radius 1 is 1.27 bits per heavy atom. The predicted octanol–water partition coefficient (Wildman–Crippen LogP) is 3.28. The summed E-state index contributed by atoms with van der Waals surface area (Å²) in [6, 6.07) is 0. The van der Waals surface area contributed by atoms with Crippen molar-refractivity contribution in [1.29, 1.82) is 0 Å². The maximum absolute atomic E-state index is 9.54. The molecule has 0 aliphatic carbocycles. The third-order valence-electron chi connectivity index (χ3n) is 3.21. The standard InChI is InChI=1S/C13H26O2/c1-2-7-12(14)8-4-3-5-9-13-10-6-11-15-13/h12-14H,2-11H2,1H3. The van der Waals surface area contributed by atoms with Gasteiger partial charge in [-0.25, -0.2) is 0 Å². The Morgan fingerprint density at radius 3 is 2.80 bits per heavy atom. The highest BCUT2D eigenvalue weighted by Gasteiger charge is 2.14. The molecule has 1 aliphatic heterocycles. The van der Waals surface area contributed by atoms with Gasteiger partial charge < -0.3 is 9.84 Å². The molecule has 0 aromatic heterocycles. The van der Waals surface area contributed by atoms with E-state index in [9.17, 15) is 5.11 Å². The van der Waals surface area contributed by atoms with Crippen molar-refractivity contribution in [2.24, 2.45) is 0 Å². The molecular weight excluding hydrogens is 188 g/mol. The molecule has 2 atom stereocenters. The zero-order valence-corrected chi connectivity index (χ0v) is 10.1. The first-order valence-electron chi connectivity index (χ1n) is 6.62. The van der Waals surface area contributed by atoms with Gasteiger partial charge in [-0.3, -0.25) is 0 Å². The van der Waals surface area contributed by atoms with Gasteiger partial charge in [-0.2, -0.15) is 0 Å². The zero-order chi connectivity index (χ0) is 10.9. The summed E-state index contributed by atoms with van der Waals surface area (Å²) >= 11 is 0. The molecule has 2 unspecified atom stereocenters. The van der Waals surface area contributed by atoms with Crippen molar-refractivity contribution in [3.63, 3.8) is 0 Å². The van der Waals surface area contributed by atoms with Gasteiger partial charge in [0.25, 0.3) is 0 Å². The molecule has 0 radical (unpaired) electrons. The van der Waals surface area contributed by atoms with Crippen LogP contribution in [0.3, 0.4) is 0 Å². The number of ether oxygens (including phenoxy) is 1.